The quantitative estimate of drug-likeness (QED) is 0.229. The highest BCUT2D eigenvalue weighted by atomic mass is 32.2. The van der Waals surface area contributed by atoms with E-state index in [1.165, 1.54) is 18.7 Å². The minimum absolute atomic E-state index is 0.0196. The summed E-state index contributed by atoms with van der Waals surface area (Å²) in [6, 6.07) is 1.12. The van der Waals surface area contributed by atoms with E-state index in [0.717, 1.165) is 16.7 Å². The second kappa shape index (κ2) is 14.3. The van der Waals surface area contributed by atoms with Gasteiger partial charge in [-0.3, -0.25) is 14.5 Å². The van der Waals surface area contributed by atoms with Gasteiger partial charge in [0.2, 0.25) is 12.7 Å². The molecule has 2 saturated heterocycles. The third-order valence-corrected chi connectivity index (χ3v) is 11.8. The summed E-state index contributed by atoms with van der Waals surface area (Å²) in [6.07, 6.45) is 0.769. The molecule has 2 fully saturated rings. The Kier molecular flexibility index (Phi) is 9.94. The van der Waals surface area contributed by atoms with Crippen molar-refractivity contribution < 1.29 is 47.5 Å². The van der Waals surface area contributed by atoms with Gasteiger partial charge in [0, 0.05) is 60.5 Å². The lowest BCUT2D eigenvalue weighted by Crippen LogP contribution is -2.69. The second-order valence-corrected chi connectivity index (χ2v) is 15.4. The van der Waals surface area contributed by atoms with E-state index in [-0.39, 0.29) is 50.2 Å². The number of esters is 2. The van der Waals surface area contributed by atoms with Crippen LogP contribution in [0.2, 0.25) is 0 Å². The normalized spacial score (nSPS) is 27.1. The molecule has 52 heavy (non-hydrogen) atoms. The number of aryl methyl sites for hydroxylation is 1. The number of piperazine rings is 1. The van der Waals surface area contributed by atoms with Crippen LogP contribution in [0.3, 0.4) is 0 Å². The average molecular weight is 737 g/mol. The number of hydrogen-bond donors (Lipinski definition) is 2. The van der Waals surface area contributed by atoms with Crippen LogP contribution in [0.5, 0.6) is 28.7 Å². The number of rotatable bonds is 8. The first-order valence-electron chi connectivity index (χ1n) is 17.5. The standard InChI is InChI=1S/C37H44N4O10S/c1-16(2)8-25(43)39-22-13-52-36-28-27(35-33(49-15-50-35)18(4)32(28)51-19(5)42)24(12-47-37(22)44)41-23(11-38)21-10-20-9-17(3)31(46-7)34(48-14-45-6)26(20)29(40-21)30(36)41/h9,16,21-24,29-30,36,40H,8,10,12-15H2,1-7H3,(H,39,43)/t21-,22-,23-,24-,29+,30?,36+/m0/s1. The van der Waals surface area contributed by atoms with E-state index < -0.39 is 47.4 Å². The molecule has 0 saturated carbocycles. The first-order valence-corrected chi connectivity index (χ1v) is 18.5. The van der Waals surface area contributed by atoms with Crippen LogP contribution in [0.4, 0.5) is 0 Å². The molecule has 0 aromatic heterocycles. The summed E-state index contributed by atoms with van der Waals surface area (Å²) in [5.74, 6) is 1.25. The number of carbonyl (C=O) groups excluding carboxylic acids is 3. The fraction of sp³-hybridized carbons (Fsp3) is 0.568. The van der Waals surface area contributed by atoms with Gasteiger partial charge in [-0.25, -0.2) is 4.79 Å². The lowest BCUT2D eigenvalue weighted by Gasteiger charge is -2.59. The number of thioether (sulfide) groups is 1. The minimum Gasteiger partial charge on any atom is -0.493 e. The molecule has 0 radical (unpaired) electrons. The van der Waals surface area contributed by atoms with Gasteiger partial charge in [0.25, 0.3) is 0 Å². The van der Waals surface area contributed by atoms with Gasteiger partial charge in [0.15, 0.2) is 29.8 Å². The Morgan fingerprint density at radius 2 is 1.88 bits per heavy atom. The van der Waals surface area contributed by atoms with Gasteiger partial charge < -0.3 is 43.8 Å². The number of methoxy groups -OCH3 is 2. The first-order chi connectivity index (χ1) is 25.0. The molecule has 2 aromatic carbocycles. The van der Waals surface area contributed by atoms with E-state index in [1.54, 1.807) is 14.2 Å². The first kappa shape index (κ1) is 36.1. The summed E-state index contributed by atoms with van der Waals surface area (Å²) >= 11 is 1.43. The topological polar surface area (TPSA) is 167 Å². The minimum atomic E-state index is -0.946. The van der Waals surface area contributed by atoms with Gasteiger partial charge in [0.1, 0.15) is 24.4 Å². The zero-order valence-electron chi connectivity index (χ0n) is 30.3. The Hall–Kier alpha value is -4.23. The monoisotopic (exact) mass is 736 g/mol. The Labute approximate surface area is 306 Å². The predicted molar refractivity (Wildman–Crippen MR) is 188 cm³/mol. The summed E-state index contributed by atoms with van der Waals surface area (Å²) in [4.78, 5) is 41.7. The van der Waals surface area contributed by atoms with Crippen molar-refractivity contribution in [2.45, 2.75) is 89.0 Å². The molecule has 14 nitrogen and oxygen atoms in total. The van der Waals surface area contributed by atoms with E-state index in [2.05, 4.69) is 27.7 Å². The number of benzene rings is 2. The van der Waals surface area contributed by atoms with Crippen LogP contribution in [-0.2, 0) is 30.3 Å². The molecule has 7 atom stereocenters. The van der Waals surface area contributed by atoms with E-state index >= 15 is 0 Å². The second-order valence-electron chi connectivity index (χ2n) is 14.2. The van der Waals surface area contributed by atoms with Gasteiger partial charge in [0.05, 0.1) is 30.5 Å². The highest BCUT2D eigenvalue weighted by Crippen LogP contribution is 2.62. The largest absolute Gasteiger partial charge is 0.493 e. The lowest BCUT2D eigenvalue weighted by molar-refractivity contribution is -0.151. The molecule has 15 heteroatoms. The van der Waals surface area contributed by atoms with Gasteiger partial charge in [-0.15, -0.1) is 11.8 Å². The maximum Gasteiger partial charge on any atom is 0.329 e. The van der Waals surface area contributed by atoms with Crippen LogP contribution < -0.4 is 34.3 Å². The van der Waals surface area contributed by atoms with Gasteiger partial charge in [-0.05, 0) is 37.3 Å². The highest BCUT2D eigenvalue weighted by molar-refractivity contribution is 7.99. The summed E-state index contributed by atoms with van der Waals surface area (Å²) in [7, 11) is 3.15. The highest BCUT2D eigenvalue weighted by Gasteiger charge is 2.59. The Bertz CT molecular complexity index is 1850. The molecule has 2 N–H and O–H groups in total. The van der Waals surface area contributed by atoms with Crippen LogP contribution >= 0.6 is 11.8 Å². The number of fused-ring (bicyclic) bond motifs is 9. The SMILES string of the molecule is COCOc1c(OC)c(C)cc2c1[C@H]1N[C@@H](C2)[C@H](C#N)N2C1[C@@H]1SC[C@H](NC(=O)CC(C)C)C(=O)OC[C@H]2c2c3c(c(C)c(OC(C)=O)c21)OCO3. The molecule has 2 aromatic rings. The number of nitrogens with one attached hydrogen (secondary N) is 2. The van der Waals surface area contributed by atoms with Crippen molar-refractivity contribution >= 4 is 29.6 Å². The number of ether oxygens (including phenoxy) is 7. The van der Waals surface area contributed by atoms with E-state index in [1.807, 2.05) is 27.7 Å². The van der Waals surface area contributed by atoms with Crippen molar-refractivity contribution in [1.82, 2.24) is 15.5 Å². The summed E-state index contributed by atoms with van der Waals surface area (Å²) < 4.78 is 41.8. The van der Waals surface area contributed by atoms with Crippen molar-refractivity contribution in [1.29, 1.82) is 5.26 Å². The molecule has 0 spiro atoms. The Morgan fingerprint density at radius 1 is 1.12 bits per heavy atom. The number of carbonyl (C=O) groups is 3. The molecule has 4 bridgehead atoms. The van der Waals surface area contributed by atoms with E-state index in [9.17, 15) is 19.6 Å². The van der Waals surface area contributed by atoms with Gasteiger partial charge >= 0.3 is 11.9 Å². The molecular weight excluding hydrogens is 692 g/mol. The molecule has 5 aliphatic heterocycles. The number of hydrogen-bond acceptors (Lipinski definition) is 14. The maximum absolute atomic E-state index is 13.7. The van der Waals surface area contributed by atoms with Crippen molar-refractivity contribution in [3.05, 3.63) is 39.4 Å². The number of amides is 1. The molecule has 7 rings (SSSR count). The molecule has 1 amide bonds. The molecular formula is C37H44N4O10S. The molecule has 278 valence electrons. The average Bonchev–Trinajstić information content (AvgIpc) is 3.59. The van der Waals surface area contributed by atoms with Crippen LogP contribution in [0.1, 0.15) is 77.9 Å². The van der Waals surface area contributed by atoms with Gasteiger partial charge in [-0.2, -0.15) is 5.26 Å². The van der Waals surface area contributed by atoms with Crippen molar-refractivity contribution in [3.8, 4) is 34.8 Å². The molecule has 5 aliphatic rings. The van der Waals surface area contributed by atoms with Crippen molar-refractivity contribution in [2.24, 2.45) is 5.92 Å². The van der Waals surface area contributed by atoms with E-state index in [4.69, 9.17) is 33.2 Å². The Balaban J connectivity index is 1.48. The molecule has 5 heterocycles. The van der Waals surface area contributed by atoms with Crippen LogP contribution in [-0.4, -0.2) is 87.1 Å². The summed E-state index contributed by atoms with van der Waals surface area (Å²) in [6.45, 7) is 8.77. The van der Waals surface area contributed by atoms with Crippen molar-refractivity contribution in [2.75, 3.05) is 40.2 Å². The van der Waals surface area contributed by atoms with Gasteiger partial charge in [-0.1, -0.05) is 19.9 Å². The lowest BCUT2D eigenvalue weighted by atomic mass is 9.72. The zero-order valence-corrected chi connectivity index (χ0v) is 31.1. The number of cyclic esters (lactones) is 1. The number of nitrogens with zero attached hydrogens (tertiary/aromatic N) is 2. The van der Waals surface area contributed by atoms with Crippen molar-refractivity contribution in [3.63, 3.8) is 0 Å². The Morgan fingerprint density at radius 3 is 2.58 bits per heavy atom. The van der Waals surface area contributed by atoms with Crippen LogP contribution in [0.25, 0.3) is 0 Å². The smallest absolute Gasteiger partial charge is 0.329 e. The molecule has 1 unspecified atom stereocenters. The third-order valence-electron chi connectivity index (χ3n) is 10.4. The maximum atomic E-state index is 13.7. The zero-order chi connectivity index (χ0) is 37.0. The van der Waals surface area contributed by atoms with Crippen LogP contribution in [0.15, 0.2) is 6.07 Å². The summed E-state index contributed by atoms with van der Waals surface area (Å²) in [5, 5.41) is 17.1. The predicted octanol–water partition coefficient (Wildman–Crippen LogP) is 3.70. The molecule has 0 aliphatic carbocycles. The van der Waals surface area contributed by atoms with E-state index in [0.29, 0.717) is 51.9 Å². The third kappa shape index (κ3) is 5.99. The number of nitriles is 1. The summed E-state index contributed by atoms with van der Waals surface area (Å²) in [5.41, 5.74) is 4.72. The fourth-order valence-electron chi connectivity index (χ4n) is 8.53. The van der Waals surface area contributed by atoms with Crippen LogP contribution in [0, 0.1) is 31.1 Å². The fourth-order valence-corrected chi connectivity index (χ4v) is 10.0.